The van der Waals surface area contributed by atoms with Crippen molar-refractivity contribution in [3.8, 4) is 0 Å². The van der Waals surface area contributed by atoms with Gasteiger partial charge in [-0.15, -0.1) is 0 Å². The van der Waals surface area contributed by atoms with E-state index in [4.69, 9.17) is 20.0 Å². The molecule has 0 bridgehead atoms. The van der Waals surface area contributed by atoms with Gasteiger partial charge in [0.15, 0.2) is 4.99 Å². The minimum Gasteiger partial charge on any atom is -0.481 e. The van der Waals surface area contributed by atoms with Crippen LogP contribution < -0.4 is 5.32 Å². The van der Waals surface area contributed by atoms with Crippen molar-refractivity contribution in [2.45, 2.75) is 18.1 Å². The van der Waals surface area contributed by atoms with Gasteiger partial charge in [0, 0.05) is 0 Å². The Labute approximate surface area is 104 Å². The molecule has 0 aliphatic rings. The van der Waals surface area contributed by atoms with E-state index in [2.05, 4.69) is 12.2 Å². The van der Waals surface area contributed by atoms with Gasteiger partial charge in [0.1, 0.15) is 6.04 Å². The first-order chi connectivity index (χ1) is 7.89. The lowest BCUT2D eigenvalue weighted by Gasteiger charge is -2.22. The summed E-state index contributed by atoms with van der Waals surface area (Å²) in [4.78, 5) is 35.7. The van der Waals surface area contributed by atoms with Gasteiger partial charge in [-0.1, -0.05) is 12.2 Å². The highest BCUT2D eigenvalue weighted by atomic mass is 32.1. The van der Waals surface area contributed by atoms with E-state index in [1.54, 1.807) is 0 Å². The fraction of sp³-hybridized carbons (Fsp3) is 0.500. The van der Waals surface area contributed by atoms with Crippen LogP contribution in [0.15, 0.2) is 0 Å². The number of hydrogen-bond acceptors (Lipinski definition) is 4. The van der Waals surface area contributed by atoms with Crippen molar-refractivity contribution < 1.29 is 42.9 Å². The van der Waals surface area contributed by atoms with Crippen LogP contribution >= 0.6 is 19.8 Å². The number of aliphatic carboxylic acids is 2. The number of alkyl halides is 2. The van der Waals surface area contributed by atoms with Crippen LogP contribution in [0.4, 0.5) is 8.78 Å². The van der Waals surface area contributed by atoms with Crippen molar-refractivity contribution in [2.24, 2.45) is 0 Å². The molecule has 18 heavy (non-hydrogen) atoms. The van der Waals surface area contributed by atoms with E-state index in [-0.39, 0.29) is 0 Å². The first kappa shape index (κ1) is 16.8. The second-order valence-electron chi connectivity index (χ2n) is 3.05. The maximum atomic E-state index is 13.0. The zero-order valence-electron chi connectivity index (χ0n) is 8.41. The number of thiocarbonyl (C=S) groups is 1. The Hall–Kier alpha value is -1.16. The highest BCUT2D eigenvalue weighted by Crippen LogP contribution is 2.53. The number of carboxylic acids is 2. The maximum absolute atomic E-state index is 13.0. The Bertz CT molecular complexity index is 422. The predicted molar refractivity (Wildman–Crippen MR) is 56.4 cm³/mol. The second kappa shape index (κ2) is 5.65. The summed E-state index contributed by atoms with van der Waals surface area (Å²) in [5.41, 5.74) is -4.77. The van der Waals surface area contributed by atoms with E-state index in [9.17, 15) is 22.9 Å². The van der Waals surface area contributed by atoms with Crippen LogP contribution in [0, 0.1) is 0 Å². The van der Waals surface area contributed by atoms with Crippen LogP contribution in [0.3, 0.4) is 0 Å². The SMILES string of the molecule is O=C(O)C[C@H](NC(=S)C(F)(F)P(=O)(O)O)C(=O)O. The van der Waals surface area contributed by atoms with Crippen LogP contribution in [0.5, 0.6) is 0 Å². The molecule has 0 unspecified atom stereocenters. The lowest BCUT2D eigenvalue weighted by Crippen LogP contribution is -2.48. The molecular formula is C6H8F2NO7PS. The van der Waals surface area contributed by atoms with Crippen molar-refractivity contribution >= 4 is 36.7 Å². The summed E-state index contributed by atoms with van der Waals surface area (Å²) in [6, 6.07) is -2.02. The summed E-state index contributed by atoms with van der Waals surface area (Å²) in [5, 5.41) is 18.2. The van der Waals surface area contributed by atoms with Crippen LogP contribution in [-0.2, 0) is 14.2 Å². The Balaban J connectivity index is 4.97. The van der Waals surface area contributed by atoms with Gasteiger partial charge in [0.25, 0.3) is 0 Å². The monoisotopic (exact) mass is 307 g/mol. The molecule has 0 aromatic heterocycles. The highest BCUT2D eigenvalue weighted by molar-refractivity contribution is 7.81. The van der Waals surface area contributed by atoms with Gasteiger partial charge in [-0.3, -0.25) is 9.36 Å². The van der Waals surface area contributed by atoms with Crippen LogP contribution in [0.2, 0.25) is 0 Å². The minimum absolute atomic E-state index is 1.09. The van der Waals surface area contributed by atoms with Gasteiger partial charge in [-0.05, 0) is 0 Å². The molecule has 5 N–H and O–H groups in total. The van der Waals surface area contributed by atoms with E-state index in [0.717, 1.165) is 0 Å². The molecule has 0 fully saturated rings. The van der Waals surface area contributed by atoms with Gasteiger partial charge in [-0.2, -0.15) is 8.78 Å². The van der Waals surface area contributed by atoms with Crippen molar-refractivity contribution in [3.05, 3.63) is 0 Å². The Kier molecular flexibility index (Phi) is 5.29. The lowest BCUT2D eigenvalue weighted by molar-refractivity contribution is -0.145. The Morgan fingerprint density at radius 2 is 1.78 bits per heavy atom. The van der Waals surface area contributed by atoms with Crippen molar-refractivity contribution in [2.75, 3.05) is 0 Å². The van der Waals surface area contributed by atoms with Crippen LogP contribution in [0.1, 0.15) is 6.42 Å². The molecular weight excluding hydrogens is 299 g/mol. The molecule has 0 aromatic rings. The Morgan fingerprint density at radius 1 is 1.33 bits per heavy atom. The van der Waals surface area contributed by atoms with E-state index in [1.807, 2.05) is 0 Å². The average Bonchev–Trinajstić information content (AvgIpc) is 2.13. The maximum Gasteiger partial charge on any atom is 0.401 e. The molecule has 0 aromatic carbocycles. The molecule has 1 atom stereocenters. The molecule has 0 aliphatic carbocycles. The number of carboxylic acid groups (broad SMARTS) is 2. The summed E-state index contributed by atoms with van der Waals surface area (Å²) < 4.78 is 36.4. The molecule has 0 radical (unpaired) electrons. The van der Waals surface area contributed by atoms with Gasteiger partial charge >= 0.3 is 25.2 Å². The van der Waals surface area contributed by atoms with Crippen molar-refractivity contribution in [1.82, 2.24) is 5.32 Å². The number of halogens is 2. The predicted octanol–water partition coefficient (Wildman–Crippen LogP) is -0.398. The lowest BCUT2D eigenvalue weighted by atomic mass is 10.2. The number of nitrogens with one attached hydrogen (secondary N) is 1. The van der Waals surface area contributed by atoms with Gasteiger partial charge in [0.05, 0.1) is 6.42 Å². The number of rotatable bonds is 6. The molecule has 0 saturated heterocycles. The summed E-state index contributed by atoms with van der Waals surface area (Å²) in [7, 11) is -5.92. The average molecular weight is 307 g/mol. The number of carbonyl (C=O) groups is 2. The molecule has 8 nitrogen and oxygen atoms in total. The van der Waals surface area contributed by atoms with Gasteiger partial charge in [0.2, 0.25) is 0 Å². The third kappa shape index (κ3) is 4.26. The zero-order chi connectivity index (χ0) is 14.7. The standard InChI is InChI=1S/C6H8F2NO7PS/c7-6(8,17(14,15)16)5(18)9-2(4(12)13)1-3(10)11/h2H,1H2,(H,9,18)(H,10,11)(H,12,13)(H2,14,15,16)/t2-/m0/s1. The summed E-state index contributed by atoms with van der Waals surface area (Å²) in [6.45, 7) is 0. The molecule has 0 saturated carbocycles. The highest BCUT2D eigenvalue weighted by Gasteiger charge is 2.53. The fourth-order valence-corrected chi connectivity index (χ4v) is 1.58. The van der Waals surface area contributed by atoms with Crippen LogP contribution in [0.25, 0.3) is 0 Å². The van der Waals surface area contributed by atoms with Crippen LogP contribution in [-0.4, -0.2) is 48.6 Å². The summed E-state index contributed by atoms with van der Waals surface area (Å²) >= 11 is 3.98. The normalized spacial score (nSPS) is 13.8. The number of hydrogen-bond donors (Lipinski definition) is 5. The van der Waals surface area contributed by atoms with Gasteiger partial charge < -0.3 is 25.3 Å². The quantitative estimate of drug-likeness (QED) is 0.327. The van der Waals surface area contributed by atoms with Crippen molar-refractivity contribution in [3.63, 3.8) is 0 Å². The molecule has 0 aliphatic heterocycles. The third-order valence-corrected chi connectivity index (χ3v) is 3.10. The summed E-state index contributed by atoms with van der Waals surface area (Å²) in [6.07, 6.45) is -1.09. The first-order valence-corrected chi connectivity index (χ1v) is 6.10. The fourth-order valence-electron chi connectivity index (χ4n) is 0.752. The Morgan fingerprint density at radius 3 is 2.06 bits per heavy atom. The first-order valence-electron chi connectivity index (χ1n) is 4.08. The van der Waals surface area contributed by atoms with E-state index in [1.165, 1.54) is 5.32 Å². The van der Waals surface area contributed by atoms with Gasteiger partial charge in [-0.25, -0.2) is 4.79 Å². The molecule has 0 heterocycles. The van der Waals surface area contributed by atoms with E-state index < -0.39 is 42.6 Å². The minimum atomic E-state index is -5.92. The molecule has 12 heteroatoms. The largest absolute Gasteiger partial charge is 0.481 e. The molecule has 0 amide bonds. The molecule has 0 rings (SSSR count). The van der Waals surface area contributed by atoms with E-state index in [0.29, 0.717) is 0 Å². The third-order valence-electron chi connectivity index (χ3n) is 1.62. The zero-order valence-corrected chi connectivity index (χ0v) is 10.1. The molecule has 104 valence electrons. The summed E-state index contributed by atoms with van der Waals surface area (Å²) in [5.74, 6) is -3.42. The van der Waals surface area contributed by atoms with Crippen molar-refractivity contribution in [1.29, 1.82) is 0 Å². The topological polar surface area (TPSA) is 144 Å². The smallest absolute Gasteiger partial charge is 0.401 e. The van der Waals surface area contributed by atoms with E-state index >= 15 is 0 Å². The molecule has 0 spiro atoms. The second-order valence-corrected chi connectivity index (χ2v) is 5.11.